The van der Waals surface area contributed by atoms with Crippen LogP contribution in [0.25, 0.3) is 0 Å². The summed E-state index contributed by atoms with van der Waals surface area (Å²) in [5, 5.41) is 9.77. The van der Waals surface area contributed by atoms with Crippen molar-refractivity contribution in [3.8, 4) is 0 Å². The zero-order valence-corrected chi connectivity index (χ0v) is 19.0. The molecule has 1 N–H and O–H groups in total. The van der Waals surface area contributed by atoms with Crippen molar-refractivity contribution in [1.29, 1.82) is 0 Å². The fourth-order valence-electron chi connectivity index (χ4n) is 4.45. The Hall–Kier alpha value is -3.02. The lowest BCUT2D eigenvalue weighted by molar-refractivity contribution is -0.115. The average molecular weight is 465 g/mol. The summed E-state index contributed by atoms with van der Waals surface area (Å²) in [6.45, 7) is 2.76. The molecule has 1 amide bonds. The first-order chi connectivity index (χ1) is 15.5. The Bertz CT molecular complexity index is 1190. The fourth-order valence-corrected chi connectivity index (χ4v) is 4.80. The number of anilines is 2. The number of para-hydroxylation sites is 2. The number of nitrogens with zero attached hydrogens (tertiary/aromatic N) is 3. The van der Waals surface area contributed by atoms with Gasteiger partial charge in [-0.3, -0.25) is 20.2 Å². The number of halogens is 2. The van der Waals surface area contributed by atoms with Crippen LogP contribution >= 0.6 is 23.2 Å². The van der Waals surface area contributed by atoms with Crippen LogP contribution < -0.4 is 15.4 Å². The van der Waals surface area contributed by atoms with Gasteiger partial charge in [-0.15, -0.1) is 0 Å². The molecule has 0 bridgehead atoms. The van der Waals surface area contributed by atoms with E-state index in [1.807, 2.05) is 83.7 Å². The van der Waals surface area contributed by atoms with E-state index in [1.165, 1.54) is 5.56 Å². The molecule has 2 aliphatic heterocycles. The molecule has 0 aliphatic carbocycles. The highest BCUT2D eigenvalue weighted by Gasteiger charge is 2.40. The van der Waals surface area contributed by atoms with Crippen molar-refractivity contribution in [3.63, 3.8) is 0 Å². The molecule has 0 saturated heterocycles. The molecule has 0 fully saturated rings. The molecule has 0 spiro atoms. The maximum absolute atomic E-state index is 13.3. The number of rotatable bonds is 4. The Morgan fingerprint density at radius 1 is 0.969 bits per heavy atom. The highest BCUT2D eigenvalue weighted by atomic mass is 35.5. The standard InChI is InChI=1S/C25H22Cl2N4O/c1-16-23(25(32)29-30-15-14-17-6-2-4-8-21(17)30)28-31(22-9-5-3-7-20(22)27)24(16)18-10-12-19(26)13-11-18/h2-13,16,24H,14-15H2,1H3,(H,29,32)/t16-,24+/m1/s1. The molecule has 162 valence electrons. The van der Waals surface area contributed by atoms with E-state index in [2.05, 4.69) is 11.5 Å². The lowest BCUT2D eigenvalue weighted by Crippen LogP contribution is -2.45. The monoisotopic (exact) mass is 464 g/mol. The number of amides is 1. The topological polar surface area (TPSA) is 47.9 Å². The summed E-state index contributed by atoms with van der Waals surface area (Å²) in [7, 11) is 0. The Balaban J connectivity index is 1.48. The van der Waals surface area contributed by atoms with Gasteiger partial charge in [0.25, 0.3) is 5.91 Å². The first kappa shape index (κ1) is 20.9. The molecule has 0 unspecified atom stereocenters. The third kappa shape index (κ3) is 3.72. The van der Waals surface area contributed by atoms with Gasteiger partial charge < -0.3 is 0 Å². The van der Waals surface area contributed by atoms with Crippen LogP contribution in [-0.2, 0) is 11.2 Å². The van der Waals surface area contributed by atoms with Gasteiger partial charge in [0.2, 0.25) is 0 Å². The summed E-state index contributed by atoms with van der Waals surface area (Å²) >= 11 is 12.6. The highest BCUT2D eigenvalue weighted by Crippen LogP contribution is 2.42. The van der Waals surface area contributed by atoms with Gasteiger partial charge >= 0.3 is 0 Å². The molecule has 2 aliphatic rings. The number of fused-ring (bicyclic) bond motifs is 1. The molecule has 3 aromatic rings. The van der Waals surface area contributed by atoms with Crippen molar-refractivity contribution in [2.75, 3.05) is 16.6 Å². The van der Waals surface area contributed by atoms with Crippen LogP contribution in [0.3, 0.4) is 0 Å². The van der Waals surface area contributed by atoms with Crippen LogP contribution in [0, 0.1) is 5.92 Å². The number of hydrazine groups is 1. The first-order valence-corrected chi connectivity index (χ1v) is 11.3. The lowest BCUT2D eigenvalue weighted by Gasteiger charge is -2.27. The van der Waals surface area contributed by atoms with E-state index in [9.17, 15) is 4.79 Å². The second-order valence-electron chi connectivity index (χ2n) is 8.04. The molecule has 3 aromatic carbocycles. The van der Waals surface area contributed by atoms with E-state index in [0.717, 1.165) is 29.9 Å². The van der Waals surface area contributed by atoms with Gasteiger partial charge in [0, 0.05) is 17.5 Å². The molecule has 2 heterocycles. The van der Waals surface area contributed by atoms with Crippen LogP contribution in [0.5, 0.6) is 0 Å². The first-order valence-electron chi connectivity index (χ1n) is 10.6. The minimum absolute atomic E-state index is 0.162. The zero-order chi connectivity index (χ0) is 22.2. The Kier molecular flexibility index (Phi) is 5.53. The molecule has 2 atom stereocenters. The van der Waals surface area contributed by atoms with Crippen molar-refractivity contribution >= 4 is 46.2 Å². The molecule has 7 heteroatoms. The number of hydrogen-bond acceptors (Lipinski definition) is 4. The second-order valence-corrected chi connectivity index (χ2v) is 8.88. The zero-order valence-electron chi connectivity index (χ0n) is 17.5. The van der Waals surface area contributed by atoms with E-state index < -0.39 is 0 Å². The van der Waals surface area contributed by atoms with Gasteiger partial charge in [0.1, 0.15) is 5.71 Å². The molecule has 32 heavy (non-hydrogen) atoms. The fraction of sp³-hybridized carbons (Fsp3) is 0.200. The largest absolute Gasteiger partial charge is 0.286 e. The summed E-state index contributed by atoms with van der Waals surface area (Å²) in [6.07, 6.45) is 0.900. The lowest BCUT2D eigenvalue weighted by atomic mass is 9.91. The Morgan fingerprint density at radius 3 is 2.41 bits per heavy atom. The molecular formula is C25H22Cl2N4O. The summed E-state index contributed by atoms with van der Waals surface area (Å²) in [5.74, 6) is -0.368. The molecule has 0 radical (unpaired) electrons. The smallest absolute Gasteiger partial charge is 0.285 e. The number of hydrazone groups is 1. The second kappa shape index (κ2) is 8.49. The Labute approximate surface area is 197 Å². The normalized spacial score (nSPS) is 19.7. The summed E-state index contributed by atoms with van der Waals surface area (Å²) in [6, 6.07) is 23.1. The number of hydrogen-bond donors (Lipinski definition) is 1. The maximum Gasteiger partial charge on any atom is 0.286 e. The predicted molar refractivity (Wildman–Crippen MR) is 130 cm³/mol. The molecule has 5 rings (SSSR count). The van der Waals surface area contributed by atoms with Gasteiger partial charge in [-0.1, -0.05) is 72.6 Å². The quantitative estimate of drug-likeness (QED) is 0.543. The van der Waals surface area contributed by atoms with Crippen molar-refractivity contribution in [2.45, 2.75) is 19.4 Å². The van der Waals surface area contributed by atoms with Gasteiger partial charge in [0.05, 0.1) is 22.4 Å². The Morgan fingerprint density at radius 2 is 1.66 bits per heavy atom. The van der Waals surface area contributed by atoms with Gasteiger partial charge in [-0.2, -0.15) is 5.10 Å². The van der Waals surface area contributed by atoms with Crippen LogP contribution in [0.15, 0.2) is 77.9 Å². The van der Waals surface area contributed by atoms with E-state index in [1.54, 1.807) is 0 Å². The van der Waals surface area contributed by atoms with Crippen LogP contribution in [0.4, 0.5) is 11.4 Å². The molecule has 0 saturated carbocycles. The summed E-state index contributed by atoms with van der Waals surface area (Å²) in [4.78, 5) is 13.3. The van der Waals surface area contributed by atoms with Gasteiger partial charge in [-0.25, -0.2) is 0 Å². The van der Waals surface area contributed by atoms with Crippen LogP contribution in [0.1, 0.15) is 24.1 Å². The maximum atomic E-state index is 13.3. The third-order valence-corrected chi connectivity index (χ3v) is 6.62. The number of carbonyl (C=O) groups is 1. The van der Waals surface area contributed by atoms with E-state index in [-0.39, 0.29) is 17.9 Å². The molecule has 5 nitrogen and oxygen atoms in total. The van der Waals surface area contributed by atoms with Crippen LogP contribution in [-0.4, -0.2) is 18.2 Å². The van der Waals surface area contributed by atoms with E-state index >= 15 is 0 Å². The van der Waals surface area contributed by atoms with Crippen molar-refractivity contribution < 1.29 is 4.79 Å². The number of nitrogens with one attached hydrogen (secondary N) is 1. The summed E-state index contributed by atoms with van der Waals surface area (Å²) in [5.41, 5.74) is 7.56. The van der Waals surface area contributed by atoms with Crippen molar-refractivity contribution in [2.24, 2.45) is 11.0 Å². The predicted octanol–water partition coefficient (Wildman–Crippen LogP) is 5.64. The number of carbonyl (C=O) groups excluding carboxylic acids is 1. The minimum Gasteiger partial charge on any atom is -0.285 e. The molecule has 0 aromatic heterocycles. The van der Waals surface area contributed by atoms with E-state index in [4.69, 9.17) is 28.3 Å². The number of benzene rings is 3. The minimum atomic E-state index is -0.206. The van der Waals surface area contributed by atoms with Gasteiger partial charge in [-0.05, 0) is 47.9 Å². The van der Waals surface area contributed by atoms with Crippen molar-refractivity contribution in [1.82, 2.24) is 5.43 Å². The average Bonchev–Trinajstić information content (AvgIpc) is 3.36. The van der Waals surface area contributed by atoms with Crippen molar-refractivity contribution in [3.05, 3.63) is 94.0 Å². The molecular weight excluding hydrogens is 443 g/mol. The third-order valence-electron chi connectivity index (χ3n) is 6.05. The highest BCUT2D eigenvalue weighted by molar-refractivity contribution is 6.41. The SMILES string of the molecule is C[C@@H]1C(C(=O)NN2CCc3ccccc32)=NN(c2ccccc2Cl)[C@@H]1c1ccc(Cl)cc1. The van der Waals surface area contributed by atoms with E-state index in [0.29, 0.717) is 15.8 Å². The van der Waals surface area contributed by atoms with Gasteiger partial charge in [0.15, 0.2) is 0 Å². The van der Waals surface area contributed by atoms with Crippen LogP contribution in [0.2, 0.25) is 10.0 Å². The summed E-state index contributed by atoms with van der Waals surface area (Å²) < 4.78 is 0.